The van der Waals surface area contributed by atoms with Gasteiger partial charge in [0.25, 0.3) is 0 Å². The van der Waals surface area contributed by atoms with Gasteiger partial charge in [-0.05, 0) is 24.6 Å². The maximum absolute atomic E-state index is 13.1. The van der Waals surface area contributed by atoms with Crippen LogP contribution in [0.15, 0.2) is 24.4 Å². The molecule has 2 rings (SSSR count). The monoisotopic (exact) mass is 271 g/mol. The molecule has 96 valence electrons. The molecule has 0 radical (unpaired) electrons. The van der Waals surface area contributed by atoms with Gasteiger partial charge in [-0.25, -0.2) is 8.78 Å². The van der Waals surface area contributed by atoms with Crippen LogP contribution in [-0.4, -0.2) is 9.78 Å². The van der Waals surface area contributed by atoms with Gasteiger partial charge in [0.1, 0.15) is 0 Å². The Kier molecular flexibility index (Phi) is 3.63. The van der Waals surface area contributed by atoms with Crippen LogP contribution in [0.4, 0.5) is 8.78 Å². The summed E-state index contributed by atoms with van der Waals surface area (Å²) in [5.74, 6) is -1.79. The highest BCUT2D eigenvalue weighted by Crippen LogP contribution is 2.19. The molecule has 1 unspecified atom stereocenters. The third-order valence-electron chi connectivity index (χ3n) is 2.78. The van der Waals surface area contributed by atoms with Crippen LogP contribution >= 0.6 is 11.6 Å². The molecule has 3 nitrogen and oxygen atoms in total. The van der Waals surface area contributed by atoms with E-state index in [4.69, 9.17) is 17.3 Å². The van der Waals surface area contributed by atoms with E-state index in [9.17, 15) is 8.78 Å². The fourth-order valence-corrected chi connectivity index (χ4v) is 1.78. The van der Waals surface area contributed by atoms with E-state index in [1.807, 2.05) is 6.92 Å². The molecule has 0 aliphatic heterocycles. The number of halogens is 3. The van der Waals surface area contributed by atoms with Gasteiger partial charge in [0, 0.05) is 6.04 Å². The van der Waals surface area contributed by atoms with Crippen LogP contribution in [0.2, 0.25) is 5.02 Å². The molecule has 0 spiro atoms. The molecule has 0 fully saturated rings. The molecule has 6 heteroatoms. The van der Waals surface area contributed by atoms with Gasteiger partial charge in [0.05, 0.1) is 23.5 Å². The molecule has 2 aromatic rings. The summed E-state index contributed by atoms with van der Waals surface area (Å²) in [6, 6.07) is 3.15. The SMILES string of the molecule is Cc1c(Cl)cnn1CC(N)c1ccc(F)c(F)c1. The molecule has 0 aliphatic carbocycles. The minimum Gasteiger partial charge on any atom is -0.322 e. The van der Waals surface area contributed by atoms with Crippen molar-refractivity contribution in [3.05, 3.63) is 52.3 Å². The van der Waals surface area contributed by atoms with E-state index in [0.717, 1.165) is 17.8 Å². The summed E-state index contributed by atoms with van der Waals surface area (Å²) in [7, 11) is 0. The largest absolute Gasteiger partial charge is 0.322 e. The van der Waals surface area contributed by atoms with Crippen molar-refractivity contribution in [2.45, 2.75) is 19.5 Å². The molecule has 18 heavy (non-hydrogen) atoms. The van der Waals surface area contributed by atoms with Crippen LogP contribution in [0.3, 0.4) is 0 Å². The van der Waals surface area contributed by atoms with Crippen LogP contribution in [-0.2, 0) is 6.54 Å². The van der Waals surface area contributed by atoms with Crippen molar-refractivity contribution in [2.24, 2.45) is 5.73 Å². The number of hydrogen-bond donors (Lipinski definition) is 1. The van der Waals surface area contributed by atoms with Gasteiger partial charge in [-0.2, -0.15) is 5.10 Å². The zero-order valence-electron chi connectivity index (χ0n) is 9.70. The van der Waals surface area contributed by atoms with Crippen molar-refractivity contribution in [3.63, 3.8) is 0 Å². The summed E-state index contributed by atoms with van der Waals surface area (Å²) in [6.07, 6.45) is 1.52. The normalized spacial score (nSPS) is 12.7. The number of rotatable bonds is 3. The number of nitrogens with zero attached hydrogens (tertiary/aromatic N) is 2. The van der Waals surface area contributed by atoms with E-state index in [0.29, 0.717) is 17.1 Å². The molecule has 0 saturated carbocycles. The van der Waals surface area contributed by atoms with Crippen molar-refractivity contribution in [2.75, 3.05) is 0 Å². The topological polar surface area (TPSA) is 43.8 Å². The Labute approximate surface area is 108 Å². The van der Waals surface area contributed by atoms with Crippen LogP contribution in [0.5, 0.6) is 0 Å². The maximum Gasteiger partial charge on any atom is 0.159 e. The molecule has 1 aromatic heterocycles. The van der Waals surface area contributed by atoms with Gasteiger partial charge < -0.3 is 5.73 Å². The summed E-state index contributed by atoms with van der Waals surface area (Å²) >= 11 is 5.87. The van der Waals surface area contributed by atoms with Gasteiger partial charge in [-0.15, -0.1) is 0 Å². The summed E-state index contributed by atoms with van der Waals surface area (Å²) in [5, 5.41) is 4.61. The zero-order valence-corrected chi connectivity index (χ0v) is 10.5. The Morgan fingerprint density at radius 2 is 2.11 bits per heavy atom. The number of aromatic nitrogens is 2. The molecule has 0 aliphatic rings. The first kappa shape index (κ1) is 13.0. The minimum atomic E-state index is -0.904. The van der Waals surface area contributed by atoms with Gasteiger partial charge in [0.15, 0.2) is 11.6 Å². The second-order valence-corrected chi connectivity index (χ2v) is 4.45. The Morgan fingerprint density at radius 1 is 1.39 bits per heavy atom. The number of benzene rings is 1. The number of nitrogens with two attached hydrogens (primary N) is 1. The van der Waals surface area contributed by atoms with Gasteiger partial charge in [0.2, 0.25) is 0 Å². The summed E-state index contributed by atoms with van der Waals surface area (Å²) in [4.78, 5) is 0. The third kappa shape index (κ3) is 2.52. The fraction of sp³-hybridized carbons (Fsp3) is 0.250. The van der Waals surface area contributed by atoms with E-state index in [1.165, 1.54) is 12.3 Å². The van der Waals surface area contributed by atoms with Crippen molar-refractivity contribution in [1.82, 2.24) is 9.78 Å². The van der Waals surface area contributed by atoms with E-state index in [2.05, 4.69) is 5.10 Å². The summed E-state index contributed by atoms with van der Waals surface area (Å²) in [6.45, 7) is 2.16. The molecule has 2 N–H and O–H groups in total. The Balaban J connectivity index is 2.19. The minimum absolute atomic E-state index is 0.351. The average Bonchev–Trinajstić information content (AvgIpc) is 2.64. The van der Waals surface area contributed by atoms with Crippen LogP contribution in [0, 0.1) is 18.6 Å². The van der Waals surface area contributed by atoms with Crippen LogP contribution in [0.25, 0.3) is 0 Å². The van der Waals surface area contributed by atoms with Crippen molar-refractivity contribution in [3.8, 4) is 0 Å². The molecule has 0 amide bonds. The second kappa shape index (κ2) is 5.04. The first-order valence-electron chi connectivity index (χ1n) is 5.37. The Morgan fingerprint density at radius 3 is 2.67 bits per heavy atom. The maximum atomic E-state index is 13.1. The molecular weight excluding hydrogens is 260 g/mol. The first-order chi connectivity index (χ1) is 8.49. The molecular formula is C12H12ClF2N3. The molecule has 1 atom stereocenters. The van der Waals surface area contributed by atoms with E-state index in [1.54, 1.807) is 4.68 Å². The summed E-state index contributed by atoms with van der Waals surface area (Å²) < 4.78 is 27.5. The Hall–Kier alpha value is -1.46. The summed E-state index contributed by atoms with van der Waals surface area (Å²) in [5.41, 5.74) is 7.23. The smallest absolute Gasteiger partial charge is 0.159 e. The predicted octanol–water partition coefficient (Wildman–Crippen LogP) is 2.82. The highest BCUT2D eigenvalue weighted by Gasteiger charge is 2.12. The lowest BCUT2D eigenvalue weighted by Gasteiger charge is -2.13. The first-order valence-corrected chi connectivity index (χ1v) is 5.75. The molecule has 1 aromatic carbocycles. The van der Waals surface area contributed by atoms with Crippen molar-refractivity contribution >= 4 is 11.6 Å². The fourth-order valence-electron chi connectivity index (χ4n) is 1.64. The van der Waals surface area contributed by atoms with Crippen LogP contribution in [0.1, 0.15) is 17.3 Å². The van der Waals surface area contributed by atoms with Crippen molar-refractivity contribution < 1.29 is 8.78 Å². The lowest BCUT2D eigenvalue weighted by Crippen LogP contribution is -2.19. The molecule has 0 saturated heterocycles. The van der Waals surface area contributed by atoms with E-state index >= 15 is 0 Å². The predicted molar refractivity (Wildman–Crippen MR) is 65.3 cm³/mol. The van der Waals surface area contributed by atoms with Gasteiger partial charge in [-0.3, -0.25) is 4.68 Å². The second-order valence-electron chi connectivity index (χ2n) is 4.04. The van der Waals surface area contributed by atoms with Gasteiger partial charge >= 0.3 is 0 Å². The molecule has 1 heterocycles. The van der Waals surface area contributed by atoms with Crippen LogP contribution < -0.4 is 5.73 Å². The third-order valence-corrected chi connectivity index (χ3v) is 3.16. The Bertz CT molecular complexity index is 568. The highest BCUT2D eigenvalue weighted by molar-refractivity contribution is 6.31. The van der Waals surface area contributed by atoms with E-state index in [-0.39, 0.29) is 0 Å². The van der Waals surface area contributed by atoms with Crippen molar-refractivity contribution in [1.29, 1.82) is 0 Å². The van der Waals surface area contributed by atoms with E-state index < -0.39 is 17.7 Å². The quantitative estimate of drug-likeness (QED) is 0.933. The number of hydrogen-bond acceptors (Lipinski definition) is 2. The van der Waals surface area contributed by atoms with Gasteiger partial charge in [-0.1, -0.05) is 17.7 Å². The zero-order chi connectivity index (χ0) is 13.3. The highest BCUT2D eigenvalue weighted by atomic mass is 35.5. The molecule has 0 bridgehead atoms. The standard InChI is InChI=1S/C12H12ClF2N3/c1-7-9(13)5-17-18(7)6-12(16)8-2-3-10(14)11(15)4-8/h2-5,12H,6,16H2,1H3. The lowest BCUT2D eigenvalue weighted by atomic mass is 10.1. The lowest BCUT2D eigenvalue weighted by molar-refractivity contribution is 0.492. The average molecular weight is 272 g/mol.